The molecule has 0 amide bonds. The van der Waals surface area contributed by atoms with Gasteiger partial charge in [0.2, 0.25) is 0 Å². The standard InChI is InChI=1S/C30H26O7/c1-6-28(31)35-24-14-9-22(10-15-24)26-16-11-23(17-27(26)37-30(33)20(4)18-34-5)21-7-12-25(13-8-21)36-29(32)19(2)3/h6-17H,1-2,4,18H2,3,5H3. The van der Waals surface area contributed by atoms with Gasteiger partial charge in [0.05, 0.1) is 12.2 Å². The predicted octanol–water partition coefficient (Wildman–Crippen LogP) is 5.70. The average Bonchev–Trinajstić information content (AvgIpc) is 2.89. The maximum atomic E-state index is 12.6. The zero-order valence-electron chi connectivity index (χ0n) is 20.6. The summed E-state index contributed by atoms with van der Waals surface area (Å²) in [6.45, 7) is 12.3. The van der Waals surface area contributed by atoms with Crippen LogP contribution in [0.3, 0.4) is 0 Å². The minimum atomic E-state index is -0.626. The molecule has 0 heterocycles. The van der Waals surface area contributed by atoms with E-state index in [-0.39, 0.29) is 12.2 Å². The Balaban J connectivity index is 1.95. The monoisotopic (exact) mass is 498 g/mol. The van der Waals surface area contributed by atoms with Crippen molar-refractivity contribution in [1.82, 2.24) is 0 Å². The van der Waals surface area contributed by atoms with Crippen molar-refractivity contribution in [1.29, 1.82) is 0 Å². The number of rotatable bonds is 10. The molecular weight excluding hydrogens is 472 g/mol. The summed E-state index contributed by atoms with van der Waals surface area (Å²) in [5.41, 5.74) is 3.39. The number of benzene rings is 3. The highest BCUT2D eigenvalue weighted by Gasteiger charge is 2.16. The van der Waals surface area contributed by atoms with Crippen LogP contribution < -0.4 is 14.2 Å². The lowest BCUT2D eigenvalue weighted by atomic mass is 9.99. The molecule has 0 bridgehead atoms. The molecule has 0 aliphatic heterocycles. The van der Waals surface area contributed by atoms with E-state index in [2.05, 4.69) is 19.7 Å². The number of ether oxygens (including phenoxy) is 4. The Morgan fingerprint density at radius 1 is 0.757 bits per heavy atom. The predicted molar refractivity (Wildman–Crippen MR) is 140 cm³/mol. The molecule has 0 spiro atoms. The molecule has 3 rings (SSSR count). The lowest BCUT2D eigenvalue weighted by Crippen LogP contribution is -2.14. The Kier molecular flexibility index (Phi) is 8.91. The van der Waals surface area contributed by atoms with Crippen LogP contribution in [0.4, 0.5) is 0 Å². The lowest BCUT2D eigenvalue weighted by molar-refractivity contribution is -0.131. The fourth-order valence-corrected chi connectivity index (χ4v) is 3.20. The number of methoxy groups -OCH3 is 1. The summed E-state index contributed by atoms with van der Waals surface area (Å²) in [6, 6.07) is 19.1. The molecule has 3 aromatic rings. The third-order valence-electron chi connectivity index (χ3n) is 5.09. The van der Waals surface area contributed by atoms with Crippen molar-refractivity contribution in [3.63, 3.8) is 0 Å². The Morgan fingerprint density at radius 3 is 1.89 bits per heavy atom. The topological polar surface area (TPSA) is 88.1 Å². The van der Waals surface area contributed by atoms with Crippen LogP contribution in [0.15, 0.2) is 104 Å². The highest BCUT2D eigenvalue weighted by molar-refractivity contribution is 5.92. The van der Waals surface area contributed by atoms with Crippen molar-refractivity contribution in [2.45, 2.75) is 6.92 Å². The van der Waals surface area contributed by atoms with Gasteiger partial charge < -0.3 is 18.9 Å². The zero-order chi connectivity index (χ0) is 26.9. The van der Waals surface area contributed by atoms with Gasteiger partial charge in [0.25, 0.3) is 0 Å². The van der Waals surface area contributed by atoms with E-state index >= 15 is 0 Å². The van der Waals surface area contributed by atoms with E-state index in [0.717, 1.165) is 22.8 Å². The summed E-state index contributed by atoms with van der Waals surface area (Å²) in [5.74, 6) is -0.665. The first kappa shape index (κ1) is 26.8. The van der Waals surface area contributed by atoms with Gasteiger partial charge in [0.15, 0.2) is 0 Å². The summed E-state index contributed by atoms with van der Waals surface area (Å²) in [6.07, 6.45) is 1.08. The number of carbonyl (C=O) groups is 3. The van der Waals surface area contributed by atoms with Gasteiger partial charge in [-0.2, -0.15) is 0 Å². The molecule has 37 heavy (non-hydrogen) atoms. The van der Waals surface area contributed by atoms with Gasteiger partial charge in [-0.25, -0.2) is 14.4 Å². The fourth-order valence-electron chi connectivity index (χ4n) is 3.20. The van der Waals surface area contributed by atoms with E-state index in [1.165, 1.54) is 7.11 Å². The van der Waals surface area contributed by atoms with Crippen LogP contribution in [0.5, 0.6) is 17.2 Å². The maximum Gasteiger partial charge on any atom is 0.341 e. The summed E-state index contributed by atoms with van der Waals surface area (Å²) in [4.78, 5) is 35.8. The van der Waals surface area contributed by atoms with E-state index in [1.54, 1.807) is 61.5 Å². The Morgan fingerprint density at radius 2 is 1.32 bits per heavy atom. The van der Waals surface area contributed by atoms with E-state index in [9.17, 15) is 14.4 Å². The second kappa shape index (κ2) is 12.3. The first-order valence-corrected chi connectivity index (χ1v) is 11.2. The first-order chi connectivity index (χ1) is 17.7. The Hall–Kier alpha value is -4.75. The van der Waals surface area contributed by atoms with Crippen molar-refractivity contribution >= 4 is 17.9 Å². The molecule has 3 aromatic carbocycles. The van der Waals surface area contributed by atoms with Crippen molar-refractivity contribution in [2.24, 2.45) is 0 Å². The normalized spacial score (nSPS) is 10.2. The Bertz CT molecular complexity index is 1350. The van der Waals surface area contributed by atoms with Gasteiger partial charge in [-0.15, -0.1) is 0 Å². The number of hydrogen-bond acceptors (Lipinski definition) is 7. The molecule has 7 nitrogen and oxygen atoms in total. The van der Waals surface area contributed by atoms with Crippen LogP contribution in [0, 0.1) is 0 Å². The van der Waals surface area contributed by atoms with Crippen molar-refractivity contribution in [3.05, 3.63) is 104 Å². The molecule has 0 aliphatic carbocycles. The molecule has 0 saturated carbocycles. The van der Waals surface area contributed by atoms with E-state index < -0.39 is 17.9 Å². The van der Waals surface area contributed by atoms with Gasteiger partial charge in [-0.1, -0.05) is 56.1 Å². The Labute approximate surface area is 215 Å². The van der Waals surface area contributed by atoms with Gasteiger partial charge in [0.1, 0.15) is 17.2 Å². The highest BCUT2D eigenvalue weighted by Crippen LogP contribution is 2.36. The molecule has 0 radical (unpaired) electrons. The molecule has 0 N–H and O–H groups in total. The van der Waals surface area contributed by atoms with Crippen LogP contribution in [0.2, 0.25) is 0 Å². The van der Waals surface area contributed by atoms with Crippen molar-refractivity contribution in [2.75, 3.05) is 13.7 Å². The third-order valence-corrected chi connectivity index (χ3v) is 5.09. The highest BCUT2D eigenvalue weighted by atomic mass is 16.5. The molecule has 0 atom stereocenters. The van der Waals surface area contributed by atoms with E-state index in [4.69, 9.17) is 18.9 Å². The zero-order valence-corrected chi connectivity index (χ0v) is 20.6. The molecular formula is C30H26O7. The third kappa shape index (κ3) is 7.13. The number of hydrogen-bond donors (Lipinski definition) is 0. The minimum absolute atomic E-state index is 0.0294. The number of esters is 3. The van der Waals surface area contributed by atoms with Crippen LogP contribution in [0.25, 0.3) is 22.3 Å². The average molecular weight is 499 g/mol. The second-order valence-corrected chi connectivity index (χ2v) is 7.98. The summed E-state index contributed by atoms with van der Waals surface area (Å²) in [7, 11) is 1.46. The summed E-state index contributed by atoms with van der Waals surface area (Å²) in [5, 5.41) is 0. The van der Waals surface area contributed by atoms with Crippen LogP contribution in [-0.4, -0.2) is 31.6 Å². The lowest BCUT2D eigenvalue weighted by Gasteiger charge is -2.14. The molecule has 0 saturated heterocycles. The maximum absolute atomic E-state index is 12.6. The van der Waals surface area contributed by atoms with Gasteiger partial charge in [0, 0.05) is 24.3 Å². The fraction of sp³-hybridized carbons (Fsp3) is 0.100. The molecule has 188 valence electrons. The second-order valence-electron chi connectivity index (χ2n) is 7.98. The number of carbonyl (C=O) groups excluding carboxylic acids is 3. The minimum Gasteiger partial charge on any atom is -0.423 e. The van der Waals surface area contributed by atoms with E-state index in [1.807, 2.05) is 12.1 Å². The van der Waals surface area contributed by atoms with Gasteiger partial charge >= 0.3 is 17.9 Å². The van der Waals surface area contributed by atoms with Crippen LogP contribution in [0.1, 0.15) is 6.92 Å². The smallest absolute Gasteiger partial charge is 0.341 e. The molecule has 0 aromatic heterocycles. The van der Waals surface area contributed by atoms with Crippen LogP contribution >= 0.6 is 0 Å². The summed E-state index contributed by atoms with van der Waals surface area (Å²) >= 11 is 0. The molecule has 0 unspecified atom stereocenters. The van der Waals surface area contributed by atoms with Crippen molar-refractivity contribution < 1.29 is 33.3 Å². The quantitative estimate of drug-likeness (QED) is 0.201. The van der Waals surface area contributed by atoms with Gasteiger partial charge in [-0.05, 0) is 53.9 Å². The van der Waals surface area contributed by atoms with Gasteiger partial charge in [-0.3, -0.25) is 0 Å². The SMILES string of the molecule is C=CC(=O)Oc1ccc(-c2ccc(-c3ccc(OC(=O)C(=C)C)cc3)cc2OC(=O)C(=C)COC)cc1. The first-order valence-electron chi connectivity index (χ1n) is 11.2. The molecule has 7 heteroatoms. The van der Waals surface area contributed by atoms with Crippen LogP contribution in [-0.2, 0) is 19.1 Å². The van der Waals surface area contributed by atoms with Crippen molar-refractivity contribution in [3.8, 4) is 39.5 Å². The van der Waals surface area contributed by atoms with E-state index in [0.29, 0.717) is 28.4 Å². The summed E-state index contributed by atoms with van der Waals surface area (Å²) < 4.78 is 21.1. The molecule has 0 fully saturated rings. The molecule has 0 aliphatic rings. The largest absolute Gasteiger partial charge is 0.423 e.